The van der Waals surface area contributed by atoms with E-state index in [-0.39, 0.29) is 24.4 Å². The van der Waals surface area contributed by atoms with E-state index in [1.807, 2.05) is 36.6 Å². The fourth-order valence-corrected chi connectivity index (χ4v) is 3.58. The molecule has 1 saturated carbocycles. The van der Waals surface area contributed by atoms with Gasteiger partial charge < -0.3 is 9.73 Å². The predicted molar refractivity (Wildman–Crippen MR) is 98.9 cm³/mol. The molecule has 1 fully saturated rings. The molecule has 0 unspecified atom stereocenters. The van der Waals surface area contributed by atoms with Crippen LogP contribution in [-0.4, -0.2) is 15.7 Å². The average Bonchev–Trinajstić information content (AvgIpc) is 3.18. The average molecular weight is 369 g/mol. The van der Waals surface area contributed by atoms with Crippen LogP contribution < -0.4 is 11.1 Å². The molecule has 2 heterocycles. The number of thiophene rings is 1. The van der Waals surface area contributed by atoms with Crippen LogP contribution in [0.3, 0.4) is 0 Å². The van der Waals surface area contributed by atoms with E-state index in [2.05, 4.69) is 22.5 Å². The zero-order valence-electron chi connectivity index (χ0n) is 14.3. The van der Waals surface area contributed by atoms with Crippen LogP contribution in [0.5, 0.6) is 0 Å². The third-order valence-electron chi connectivity index (χ3n) is 4.48. The van der Waals surface area contributed by atoms with Crippen LogP contribution in [0, 0.1) is 12.8 Å². The van der Waals surface area contributed by atoms with Crippen molar-refractivity contribution in [3.63, 3.8) is 0 Å². The minimum atomic E-state index is -0.623. The molecule has 4 rings (SSSR count). The first-order valence-electron chi connectivity index (χ1n) is 8.58. The van der Waals surface area contributed by atoms with Crippen molar-refractivity contribution in [1.82, 2.24) is 15.1 Å². The molecule has 0 aliphatic heterocycles. The second kappa shape index (κ2) is 6.92. The van der Waals surface area contributed by atoms with E-state index in [0.717, 1.165) is 28.0 Å². The van der Waals surface area contributed by atoms with Crippen LogP contribution in [0.15, 0.2) is 51.0 Å². The molecule has 26 heavy (non-hydrogen) atoms. The lowest BCUT2D eigenvalue weighted by Gasteiger charge is -2.19. The van der Waals surface area contributed by atoms with Gasteiger partial charge in [-0.3, -0.25) is 4.79 Å². The molecule has 134 valence electrons. The van der Waals surface area contributed by atoms with Crippen molar-refractivity contribution in [3.8, 4) is 10.8 Å². The molecular formula is C19H19N3O3S. The van der Waals surface area contributed by atoms with Crippen molar-refractivity contribution in [2.45, 2.75) is 32.4 Å². The molecule has 1 amide bonds. The van der Waals surface area contributed by atoms with Gasteiger partial charge in [-0.1, -0.05) is 35.9 Å². The maximum Gasteiger partial charge on any atom is 0.437 e. The first-order valence-corrected chi connectivity index (χ1v) is 9.46. The minimum absolute atomic E-state index is 0.0255. The number of benzene rings is 1. The summed E-state index contributed by atoms with van der Waals surface area (Å²) in [5.41, 5.74) is 2.28. The van der Waals surface area contributed by atoms with Crippen LogP contribution >= 0.6 is 11.3 Å². The second-order valence-corrected chi connectivity index (χ2v) is 7.55. The van der Waals surface area contributed by atoms with Gasteiger partial charge in [-0.05, 0) is 42.7 Å². The van der Waals surface area contributed by atoms with Crippen LogP contribution in [0.1, 0.15) is 30.0 Å². The quantitative estimate of drug-likeness (QED) is 0.724. The van der Waals surface area contributed by atoms with Crippen molar-refractivity contribution in [2.24, 2.45) is 5.92 Å². The largest absolute Gasteiger partial charge is 0.437 e. The van der Waals surface area contributed by atoms with E-state index in [1.54, 1.807) is 0 Å². The zero-order chi connectivity index (χ0) is 18.1. The van der Waals surface area contributed by atoms with Gasteiger partial charge in [0.25, 0.3) is 5.89 Å². The topological polar surface area (TPSA) is 77.1 Å². The van der Waals surface area contributed by atoms with Gasteiger partial charge in [0.2, 0.25) is 5.91 Å². The Hall–Kier alpha value is -2.67. The molecule has 7 heteroatoms. The van der Waals surface area contributed by atoms with Gasteiger partial charge in [0.05, 0.1) is 10.9 Å². The Morgan fingerprint density at radius 2 is 2.12 bits per heavy atom. The Balaban J connectivity index is 1.47. The fraction of sp³-hybridized carbons (Fsp3) is 0.316. The van der Waals surface area contributed by atoms with E-state index in [4.69, 9.17) is 4.42 Å². The third-order valence-corrected chi connectivity index (χ3v) is 5.34. The summed E-state index contributed by atoms with van der Waals surface area (Å²) < 4.78 is 6.22. The monoisotopic (exact) mass is 369 g/mol. The Labute approximate surface area is 154 Å². The molecule has 0 spiro atoms. The number of nitrogens with zero attached hydrogens (tertiary/aromatic N) is 2. The summed E-state index contributed by atoms with van der Waals surface area (Å²) in [4.78, 5) is 25.2. The van der Waals surface area contributed by atoms with Crippen molar-refractivity contribution in [2.75, 3.05) is 0 Å². The van der Waals surface area contributed by atoms with Gasteiger partial charge in [-0.15, -0.1) is 16.4 Å². The Morgan fingerprint density at radius 3 is 2.77 bits per heavy atom. The van der Waals surface area contributed by atoms with Crippen molar-refractivity contribution < 1.29 is 9.21 Å². The maximum absolute atomic E-state index is 12.5. The van der Waals surface area contributed by atoms with E-state index in [0.29, 0.717) is 5.92 Å². The highest BCUT2D eigenvalue weighted by atomic mass is 32.1. The number of nitrogens with one attached hydrogen (secondary N) is 1. The molecule has 1 aliphatic rings. The first kappa shape index (κ1) is 16.8. The van der Waals surface area contributed by atoms with Crippen LogP contribution in [0.25, 0.3) is 10.8 Å². The lowest BCUT2D eigenvalue weighted by atomic mass is 10.0. The summed E-state index contributed by atoms with van der Waals surface area (Å²) in [5.74, 6) is -0.162. The molecule has 6 nitrogen and oxygen atoms in total. The second-order valence-electron chi connectivity index (χ2n) is 6.60. The lowest BCUT2D eigenvalue weighted by Crippen LogP contribution is -2.35. The summed E-state index contributed by atoms with van der Waals surface area (Å²) in [6, 6.07) is 11.8. The summed E-state index contributed by atoms with van der Waals surface area (Å²) in [7, 11) is 0. The number of aryl methyl sites for hydroxylation is 1. The molecule has 0 saturated heterocycles. The molecule has 1 aliphatic carbocycles. The zero-order valence-corrected chi connectivity index (χ0v) is 15.2. The standard InChI is InChI=1S/C19H19N3O3S/c1-12-4-6-13(7-5-12)17(14-8-9-14)20-16(23)11-22-19(24)25-18(21-22)15-3-2-10-26-15/h2-7,10,14,17H,8-9,11H2,1H3,(H,20,23)/t17-/m1/s1. The van der Waals surface area contributed by atoms with Crippen molar-refractivity contribution >= 4 is 17.2 Å². The number of rotatable bonds is 6. The van der Waals surface area contributed by atoms with Crippen LogP contribution in [-0.2, 0) is 11.3 Å². The molecule has 0 bridgehead atoms. The van der Waals surface area contributed by atoms with Crippen molar-refractivity contribution in [3.05, 3.63) is 63.5 Å². The molecule has 0 radical (unpaired) electrons. The summed E-state index contributed by atoms with van der Waals surface area (Å²) in [5, 5.41) is 9.07. The summed E-state index contributed by atoms with van der Waals surface area (Å²) in [6.07, 6.45) is 2.20. The molecule has 1 N–H and O–H groups in total. The smallest absolute Gasteiger partial charge is 0.387 e. The third kappa shape index (κ3) is 3.62. The minimum Gasteiger partial charge on any atom is -0.387 e. The highest BCUT2D eigenvalue weighted by molar-refractivity contribution is 7.13. The molecule has 2 aromatic heterocycles. The van der Waals surface area contributed by atoms with E-state index >= 15 is 0 Å². The SMILES string of the molecule is Cc1ccc([C@@H](NC(=O)Cn2nc(-c3cccs3)oc2=O)C2CC2)cc1. The normalized spacial score (nSPS) is 15.0. The van der Waals surface area contributed by atoms with Gasteiger partial charge in [0, 0.05) is 0 Å². The number of amides is 1. The maximum atomic E-state index is 12.5. The number of aromatic nitrogens is 2. The van der Waals surface area contributed by atoms with Crippen molar-refractivity contribution in [1.29, 1.82) is 0 Å². The Kier molecular flexibility index (Phi) is 4.46. The predicted octanol–water partition coefficient (Wildman–Crippen LogP) is 3.14. The number of hydrogen-bond donors (Lipinski definition) is 1. The van der Waals surface area contributed by atoms with Gasteiger partial charge in [-0.2, -0.15) is 4.68 Å². The van der Waals surface area contributed by atoms with E-state index < -0.39 is 5.76 Å². The molecule has 3 aromatic rings. The lowest BCUT2D eigenvalue weighted by molar-refractivity contribution is -0.122. The van der Waals surface area contributed by atoms with E-state index in [9.17, 15) is 9.59 Å². The highest BCUT2D eigenvalue weighted by Crippen LogP contribution is 2.41. The molecular weight excluding hydrogens is 350 g/mol. The number of carbonyl (C=O) groups excluding carboxylic acids is 1. The van der Waals surface area contributed by atoms with Crippen LogP contribution in [0.2, 0.25) is 0 Å². The summed E-state index contributed by atoms with van der Waals surface area (Å²) >= 11 is 1.43. The van der Waals surface area contributed by atoms with Gasteiger partial charge in [-0.25, -0.2) is 4.79 Å². The molecule has 1 atom stereocenters. The first-order chi connectivity index (χ1) is 12.6. The Morgan fingerprint density at radius 1 is 1.35 bits per heavy atom. The van der Waals surface area contributed by atoms with Crippen LogP contribution in [0.4, 0.5) is 0 Å². The van der Waals surface area contributed by atoms with Gasteiger partial charge in [0.1, 0.15) is 6.54 Å². The highest BCUT2D eigenvalue weighted by Gasteiger charge is 2.33. The molecule has 1 aromatic carbocycles. The summed E-state index contributed by atoms with van der Waals surface area (Å²) in [6.45, 7) is 1.89. The Bertz CT molecular complexity index is 953. The fourth-order valence-electron chi connectivity index (χ4n) is 2.94. The van der Waals surface area contributed by atoms with Gasteiger partial charge >= 0.3 is 5.76 Å². The van der Waals surface area contributed by atoms with E-state index in [1.165, 1.54) is 16.9 Å². The van der Waals surface area contributed by atoms with Gasteiger partial charge in [0.15, 0.2) is 0 Å². The number of carbonyl (C=O) groups is 1. The number of hydrogen-bond acceptors (Lipinski definition) is 5.